The van der Waals surface area contributed by atoms with E-state index in [1.807, 2.05) is 19.9 Å². The van der Waals surface area contributed by atoms with Gasteiger partial charge < -0.3 is 5.32 Å². The van der Waals surface area contributed by atoms with E-state index in [0.29, 0.717) is 0 Å². The Morgan fingerprint density at radius 3 is 2.73 bits per heavy atom. The summed E-state index contributed by atoms with van der Waals surface area (Å²) >= 11 is 5.08. The Balaban J connectivity index is 2.55. The van der Waals surface area contributed by atoms with E-state index in [0.717, 1.165) is 15.1 Å². The molecule has 2 nitrogen and oxygen atoms in total. The van der Waals surface area contributed by atoms with Crippen LogP contribution in [0.3, 0.4) is 0 Å². The van der Waals surface area contributed by atoms with E-state index in [-0.39, 0.29) is 10.7 Å². The number of amides is 1. The number of benzene rings is 1. The molecule has 1 N–H and O–H groups in total. The maximum Gasteiger partial charge on any atom is 0.240 e. The van der Waals surface area contributed by atoms with Crippen LogP contribution in [0.25, 0.3) is 0 Å². The van der Waals surface area contributed by atoms with Gasteiger partial charge in [0.15, 0.2) is 0 Å². The van der Waals surface area contributed by atoms with Crippen molar-refractivity contribution < 1.29 is 4.79 Å². The van der Waals surface area contributed by atoms with Crippen LogP contribution in [0.1, 0.15) is 19.4 Å². The van der Waals surface area contributed by atoms with Crippen molar-refractivity contribution in [3.63, 3.8) is 0 Å². The fourth-order valence-corrected chi connectivity index (χ4v) is 3.50. The van der Waals surface area contributed by atoms with Gasteiger partial charge in [-0.2, -0.15) is 0 Å². The predicted octanol–water partition coefficient (Wildman–Crippen LogP) is 3.58. The average molecular weight is 286 g/mol. The van der Waals surface area contributed by atoms with Gasteiger partial charge in [0.2, 0.25) is 5.91 Å². The number of fused-ring (bicyclic) bond motifs is 1. The lowest BCUT2D eigenvalue weighted by Crippen LogP contribution is -2.37. The second-order valence-electron chi connectivity index (χ2n) is 4.19. The third-order valence-electron chi connectivity index (χ3n) is 2.35. The van der Waals surface area contributed by atoms with Crippen LogP contribution < -0.4 is 5.32 Å². The van der Waals surface area contributed by atoms with E-state index in [1.165, 1.54) is 5.56 Å². The zero-order valence-corrected chi connectivity index (χ0v) is 11.3. The van der Waals surface area contributed by atoms with Gasteiger partial charge in [0.25, 0.3) is 0 Å². The average Bonchev–Trinajstić information content (AvgIpc) is 2.08. The topological polar surface area (TPSA) is 29.1 Å². The highest BCUT2D eigenvalue weighted by atomic mass is 79.9. The summed E-state index contributed by atoms with van der Waals surface area (Å²) in [6.07, 6.45) is 0. The number of rotatable bonds is 0. The predicted molar refractivity (Wildman–Crippen MR) is 67.4 cm³/mol. The maximum absolute atomic E-state index is 11.8. The Hall–Kier alpha value is -0.480. The highest BCUT2D eigenvalue weighted by Crippen LogP contribution is 2.45. The van der Waals surface area contributed by atoms with Crippen molar-refractivity contribution in [2.45, 2.75) is 30.4 Å². The van der Waals surface area contributed by atoms with Crippen LogP contribution in [0, 0.1) is 6.92 Å². The minimum atomic E-state index is -0.389. The highest BCUT2D eigenvalue weighted by Gasteiger charge is 2.35. The summed E-state index contributed by atoms with van der Waals surface area (Å²) in [5.41, 5.74) is 2.09. The molecule has 80 valence electrons. The normalized spacial score (nSPS) is 18.3. The zero-order chi connectivity index (χ0) is 11.2. The molecule has 0 saturated carbocycles. The smallest absolute Gasteiger partial charge is 0.240 e. The minimum Gasteiger partial charge on any atom is -0.323 e. The first-order chi connectivity index (χ1) is 6.90. The van der Waals surface area contributed by atoms with Crippen molar-refractivity contribution in [2.75, 3.05) is 5.32 Å². The Labute approximate surface area is 102 Å². The summed E-state index contributed by atoms with van der Waals surface area (Å²) < 4.78 is 0.564. The second-order valence-corrected chi connectivity index (χ2v) is 6.71. The molecule has 4 heteroatoms. The second kappa shape index (κ2) is 3.52. The lowest BCUT2D eigenvalue weighted by molar-refractivity contribution is -0.117. The SMILES string of the molecule is Cc1cc(Br)c2c(c1)SC(C)(C)C(=O)N2. The molecule has 1 aromatic carbocycles. The van der Waals surface area contributed by atoms with Gasteiger partial charge in [-0.15, -0.1) is 11.8 Å². The summed E-state index contributed by atoms with van der Waals surface area (Å²) in [6, 6.07) is 4.12. The monoisotopic (exact) mass is 285 g/mol. The van der Waals surface area contributed by atoms with Crippen molar-refractivity contribution in [3.05, 3.63) is 22.2 Å². The molecular weight excluding hydrogens is 274 g/mol. The first-order valence-electron chi connectivity index (χ1n) is 4.71. The molecule has 0 radical (unpaired) electrons. The van der Waals surface area contributed by atoms with Gasteiger partial charge in [-0.25, -0.2) is 0 Å². The molecule has 0 fully saturated rings. The summed E-state index contributed by atoms with van der Waals surface area (Å²) in [7, 11) is 0. The summed E-state index contributed by atoms with van der Waals surface area (Å²) in [4.78, 5) is 12.9. The van der Waals surface area contributed by atoms with Crippen LogP contribution in [0.15, 0.2) is 21.5 Å². The molecule has 2 rings (SSSR count). The standard InChI is InChI=1S/C11H12BrNOS/c1-6-4-7(12)9-8(5-6)15-11(2,3)10(14)13-9/h4-5H,1-3H3,(H,13,14). The molecule has 15 heavy (non-hydrogen) atoms. The first kappa shape index (κ1) is 11.0. The number of aryl methyl sites for hydroxylation is 1. The van der Waals surface area contributed by atoms with Crippen LogP contribution in [-0.4, -0.2) is 10.7 Å². The summed E-state index contributed by atoms with van der Waals surface area (Å²) in [6.45, 7) is 5.92. The largest absolute Gasteiger partial charge is 0.323 e. The van der Waals surface area contributed by atoms with Gasteiger partial charge in [0.1, 0.15) is 0 Å². The number of thioether (sulfide) groups is 1. The lowest BCUT2D eigenvalue weighted by Gasteiger charge is -2.30. The number of hydrogen-bond donors (Lipinski definition) is 1. The molecule has 0 aromatic heterocycles. The molecule has 1 aromatic rings. The molecule has 0 atom stereocenters. The molecule has 1 aliphatic heterocycles. The molecule has 0 bridgehead atoms. The third-order valence-corrected chi connectivity index (χ3v) is 4.21. The molecule has 1 heterocycles. The molecule has 1 amide bonds. The molecule has 0 aliphatic carbocycles. The molecule has 0 unspecified atom stereocenters. The van der Waals surface area contributed by atoms with Crippen LogP contribution in [-0.2, 0) is 4.79 Å². The first-order valence-corrected chi connectivity index (χ1v) is 6.32. The minimum absolute atomic E-state index is 0.0598. The van der Waals surface area contributed by atoms with E-state index >= 15 is 0 Å². The number of halogens is 1. The fraction of sp³-hybridized carbons (Fsp3) is 0.364. The molecule has 0 saturated heterocycles. The lowest BCUT2D eigenvalue weighted by atomic mass is 10.1. The Morgan fingerprint density at radius 1 is 1.40 bits per heavy atom. The van der Waals surface area contributed by atoms with Crippen molar-refractivity contribution >= 4 is 39.3 Å². The van der Waals surface area contributed by atoms with Crippen molar-refractivity contribution in [1.29, 1.82) is 0 Å². The number of carbonyl (C=O) groups excluding carboxylic acids is 1. The van der Waals surface area contributed by atoms with Gasteiger partial charge in [0, 0.05) is 9.37 Å². The Kier molecular flexibility index (Phi) is 2.59. The number of hydrogen-bond acceptors (Lipinski definition) is 2. The molecule has 1 aliphatic rings. The van der Waals surface area contributed by atoms with Gasteiger partial charge in [-0.05, 0) is 54.4 Å². The van der Waals surface area contributed by atoms with Crippen LogP contribution in [0.2, 0.25) is 0 Å². The summed E-state index contributed by atoms with van der Waals surface area (Å²) in [5.74, 6) is 0.0598. The zero-order valence-electron chi connectivity index (χ0n) is 8.85. The molecule has 0 spiro atoms. The fourth-order valence-electron chi connectivity index (χ4n) is 1.50. The number of nitrogens with one attached hydrogen (secondary N) is 1. The van der Waals surface area contributed by atoms with Crippen LogP contribution in [0.4, 0.5) is 5.69 Å². The summed E-state index contributed by atoms with van der Waals surface area (Å²) in [5, 5.41) is 2.94. The van der Waals surface area contributed by atoms with E-state index in [4.69, 9.17) is 0 Å². The quantitative estimate of drug-likeness (QED) is 0.789. The van der Waals surface area contributed by atoms with Crippen LogP contribution in [0.5, 0.6) is 0 Å². The van der Waals surface area contributed by atoms with Gasteiger partial charge in [0.05, 0.1) is 10.4 Å². The Bertz CT molecular complexity index is 442. The number of anilines is 1. The van der Waals surface area contributed by atoms with Crippen LogP contribution >= 0.6 is 27.7 Å². The van der Waals surface area contributed by atoms with E-state index < -0.39 is 0 Å². The van der Waals surface area contributed by atoms with Crippen molar-refractivity contribution in [3.8, 4) is 0 Å². The van der Waals surface area contributed by atoms with Gasteiger partial charge in [-0.1, -0.05) is 0 Å². The van der Waals surface area contributed by atoms with E-state index in [2.05, 4.69) is 34.2 Å². The Morgan fingerprint density at radius 2 is 2.07 bits per heavy atom. The van der Waals surface area contributed by atoms with E-state index in [1.54, 1.807) is 11.8 Å². The number of carbonyl (C=O) groups is 1. The highest BCUT2D eigenvalue weighted by molar-refractivity contribution is 9.10. The van der Waals surface area contributed by atoms with E-state index in [9.17, 15) is 4.79 Å². The maximum atomic E-state index is 11.8. The van der Waals surface area contributed by atoms with Gasteiger partial charge >= 0.3 is 0 Å². The third kappa shape index (κ3) is 1.93. The molecular formula is C11H12BrNOS. The van der Waals surface area contributed by atoms with Gasteiger partial charge in [-0.3, -0.25) is 4.79 Å². The van der Waals surface area contributed by atoms with Crippen molar-refractivity contribution in [1.82, 2.24) is 0 Å². The van der Waals surface area contributed by atoms with Crippen molar-refractivity contribution in [2.24, 2.45) is 0 Å².